The van der Waals surface area contributed by atoms with Crippen LogP contribution in [-0.4, -0.2) is 48.1 Å². The van der Waals surface area contributed by atoms with Crippen LogP contribution in [0.15, 0.2) is 44.7 Å². The van der Waals surface area contributed by atoms with Gasteiger partial charge >= 0.3 is 11.4 Å². The van der Waals surface area contributed by atoms with Crippen LogP contribution in [0.5, 0.6) is 0 Å². The number of likely N-dealkylation sites (tertiary alicyclic amines) is 1. The second-order valence-corrected chi connectivity index (χ2v) is 10.3. The Bertz CT molecular complexity index is 1840. The van der Waals surface area contributed by atoms with Crippen LogP contribution in [0, 0.1) is 0 Å². The van der Waals surface area contributed by atoms with E-state index in [1.807, 2.05) is 6.92 Å². The lowest BCUT2D eigenvalue weighted by Crippen LogP contribution is -2.46. The zero-order chi connectivity index (χ0) is 28.2. The zero-order valence-corrected chi connectivity index (χ0v) is 22.9. The minimum absolute atomic E-state index is 0.213. The van der Waals surface area contributed by atoms with Crippen molar-refractivity contribution in [2.24, 2.45) is 14.1 Å². The van der Waals surface area contributed by atoms with Crippen LogP contribution in [0.4, 0.5) is 5.69 Å². The summed E-state index contributed by atoms with van der Waals surface area (Å²) in [6, 6.07) is 7.76. The van der Waals surface area contributed by atoms with Gasteiger partial charge in [-0.2, -0.15) is 0 Å². The third kappa shape index (κ3) is 4.36. The van der Waals surface area contributed by atoms with E-state index in [0.717, 1.165) is 0 Å². The highest BCUT2D eigenvalue weighted by Gasteiger charge is 2.29. The monoisotopic (exact) mass is 552 g/mol. The fourth-order valence-electron chi connectivity index (χ4n) is 5.50. The number of anilines is 1. The topological polar surface area (TPSA) is 120 Å². The number of imidazole rings is 1. The molecule has 0 unspecified atom stereocenters. The second-order valence-electron chi connectivity index (χ2n) is 9.86. The molecule has 11 nitrogen and oxygen atoms in total. The average Bonchev–Trinajstić information content (AvgIpc) is 3.15. The van der Waals surface area contributed by atoms with Crippen LogP contribution < -0.4 is 22.3 Å². The lowest BCUT2D eigenvalue weighted by atomic mass is 10.0. The van der Waals surface area contributed by atoms with Gasteiger partial charge in [0.25, 0.3) is 11.5 Å². The van der Waals surface area contributed by atoms with Crippen LogP contribution >= 0.6 is 11.6 Å². The van der Waals surface area contributed by atoms with Gasteiger partial charge in [0.05, 0.1) is 33.2 Å². The number of nitrogens with one attached hydrogen (secondary N) is 1. The summed E-state index contributed by atoms with van der Waals surface area (Å²) in [7, 11) is 3.26. The van der Waals surface area contributed by atoms with Gasteiger partial charge in [0.15, 0.2) is 0 Å². The summed E-state index contributed by atoms with van der Waals surface area (Å²) >= 11 is 6.12. The van der Waals surface area contributed by atoms with Crippen molar-refractivity contribution in [3.8, 4) is 0 Å². The summed E-state index contributed by atoms with van der Waals surface area (Å²) in [6.45, 7) is 4.24. The maximum Gasteiger partial charge on any atom is 0.331 e. The number of carbonyl (C=O) groups is 2. The largest absolute Gasteiger partial charge is 0.338 e. The molecule has 39 heavy (non-hydrogen) atoms. The minimum Gasteiger partial charge on any atom is -0.338 e. The van der Waals surface area contributed by atoms with Gasteiger partial charge in [0, 0.05) is 51.7 Å². The lowest BCUT2D eigenvalue weighted by molar-refractivity contribution is -0.114. The Hall–Kier alpha value is -4.12. The quantitative estimate of drug-likeness (QED) is 0.417. The van der Waals surface area contributed by atoms with E-state index < -0.39 is 11.2 Å². The van der Waals surface area contributed by atoms with E-state index in [2.05, 4.69) is 5.32 Å². The summed E-state index contributed by atoms with van der Waals surface area (Å²) in [6.07, 6.45) is 0.797. The first kappa shape index (κ1) is 26.5. The average molecular weight is 553 g/mol. The van der Waals surface area contributed by atoms with Gasteiger partial charge in [0.2, 0.25) is 5.91 Å². The molecule has 5 rings (SSSR count). The normalized spacial score (nSPS) is 14.3. The molecule has 2 aromatic carbocycles. The standard InChI is InChI=1S/C27H29ClN6O5/c1-5-33-23-13-18(20(29-15(2)35)14-22(23)31(4)26(33)38)24(36)32-10-8-17(9-11-32)34-25(37)19-12-16(28)6-7-21(19)30(3)27(34)39/h6-7,12-14,17H,5,8-11H2,1-4H3,(H,29,35). The highest BCUT2D eigenvalue weighted by molar-refractivity contribution is 6.31. The molecule has 0 atom stereocenters. The maximum atomic E-state index is 13.7. The first-order valence-electron chi connectivity index (χ1n) is 12.7. The van der Waals surface area contributed by atoms with Gasteiger partial charge in [-0.15, -0.1) is 0 Å². The summed E-state index contributed by atoms with van der Waals surface area (Å²) in [5, 5.41) is 3.49. The van der Waals surface area contributed by atoms with Crippen molar-refractivity contribution in [1.82, 2.24) is 23.2 Å². The molecule has 12 heteroatoms. The van der Waals surface area contributed by atoms with Crippen molar-refractivity contribution in [2.75, 3.05) is 18.4 Å². The molecule has 0 bridgehead atoms. The second kappa shape index (κ2) is 9.88. The smallest absolute Gasteiger partial charge is 0.331 e. The molecule has 1 saturated heterocycles. The number of halogens is 1. The Kier molecular flexibility index (Phi) is 6.71. The highest BCUT2D eigenvalue weighted by atomic mass is 35.5. The van der Waals surface area contributed by atoms with E-state index >= 15 is 0 Å². The molecule has 0 radical (unpaired) electrons. The molecule has 0 saturated carbocycles. The van der Waals surface area contributed by atoms with E-state index in [-0.39, 0.29) is 29.1 Å². The fourth-order valence-corrected chi connectivity index (χ4v) is 5.67. The van der Waals surface area contributed by atoms with Crippen molar-refractivity contribution in [1.29, 1.82) is 0 Å². The van der Waals surface area contributed by atoms with Gasteiger partial charge in [0.1, 0.15) is 0 Å². The van der Waals surface area contributed by atoms with Crippen molar-refractivity contribution >= 4 is 51.0 Å². The molecule has 1 N–H and O–H groups in total. The Labute approximate surface area is 227 Å². The number of aromatic nitrogens is 4. The summed E-state index contributed by atoms with van der Waals surface area (Å²) in [5.74, 6) is -0.641. The molecule has 0 aliphatic carbocycles. The Morgan fingerprint density at radius 1 is 0.949 bits per heavy atom. The number of carbonyl (C=O) groups excluding carboxylic acids is 2. The third-order valence-corrected chi connectivity index (χ3v) is 7.76. The van der Waals surface area contributed by atoms with Crippen molar-refractivity contribution in [2.45, 2.75) is 39.3 Å². The van der Waals surface area contributed by atoms with E-state index in [1.165, 1.54) is 20.6 Å². The number of fused-ring (bicyclic) bond motifs is 2. The number of hydrogen-bond donors (Lipinski definition) is 1. The molecule has 1 aliphatic heterocycles. The number of piperidine rings is 1. The predicted octanol–water partition coefficient (Wildman–Crippen LogP) is 2.46. The third-order valence-electron chi connectivity index (χ3n) is 7.52. The highest BCUT2D eigenvalue weighted by Crippen LogP contribution is 2.28. The molecule has 1 aliphatic rings. The number of hydrogen-bond acceptors (Lipinski definition) is 5. The number of aryl methyl sites for hydroxylation is 3. The molecular weight excluding hydrogens is 524 g/mol. The Morgan fingerprint density at radius 3 is 2.26 bits per heavy atom. The Morgan fingerprint density at radius 2 is 1.62 bits per heavy atom. The maximum absolute atomic E-state index is 13.7. The number of nitrogens with zero attached hydrogens (tertiary/aromatic N) is 5. The molecule has 2 amide bonds. The summed E-state index contributed by atoms with van der Waals surface area (Å²) < 4.78 is 5.76. The summed E-state index contributed by atoms with van der Waals surface area (Å²) in [4.78, 5) is 66.4. The lowest BCUT2D eigenvalue weighted by Gasteiger charge is -2.33. The van der Waals surface area contributed by atoms with Crippen LogP contribution in [0.3, 0.4) is 0 Å². The SMILES string of the molecule is CCn1c(=O)n(C)c2cc(NC(C)=O)c(C(=O)N3CCC(n4c(=O)c5cc(Cl)ccc5n(C)c4=O)CC3)cc21. The summed E-state index contributed by atoms with van der Waals surface area (Å²) in [5.41, 5.74) is 1.27. The van der Waals surface area contributed by atoms with Crippen molar-refractivity contribution < 1.29 is 9.59 Å². The van der Waals surface area contributed by atoms with Crippen LogP contribution in [0.25, 0.3) is 21.9 Å². The minimum atomic E-state index is -0.417. The van der Waals surface area contributed by atoms with Crippen LogP contribution in [0.2, 0.25) is 5.02 Å². The molecule has 4 aromatic rings. The number of rotatable bonds is 4. The van der Waals surface area contributed by atoms with Gasteiger partial charge in [-0.05, 0) is 50.1 Å². The molecule has 0 spiro atoms. The molecule has 3 heterocycles. The molecule has 1 fully saturated rings. The first-order valence-corrected chi connectivity index (χ1v) is 13.1. The molecular formula is C27H29ClN6O5. The van der Waals surface area contributed by atoms with E-state index in [4.69, 9.17) is 11.6 Å². The fraction of sp³-hybridized carbons (Fsp3) is 0.370. The predicted molar refractivity (Wildman–Crippen MR) is 150 cm³/mol. The molecule has 204 valence electrons. The Balaban J connectivity index is 1.48. The van der Waals surface area contributed by atoms with Crippen LogP contribution in [-0.2, 0) is 25.4 Å². The van der Waals surface area contributed by atoms with Crippen molar-refractivity contribution in [3.05, 3.63) is 72.2 Å². The van der Waals surface area contributed by atoms with E-state index in [0.29, 0.717) is 65.1 Å². The number of amides is 2. The van der Waals surface area contributed by atoms with Gasteiger partial charge < -0.3 is 10.2 Å². The number of benzene rings is 2. The van der Waals surface area contributed by atoms with E-state index in [1.54, 1.807) is 53.9 Å². The van der Waals surface area contributed by atoms with Gasteiger partial charge in [-0.3, -0.25) is 32.7 Å². The van der Waals surface area contributed by atoms with E-state index in [9.17, 15) is 24.0 Å². The van der Waals surface area contributed by atoms with Crippen LogP contribution in [0.1, 0.15) is 43.1 Å². The molecule has 2 aromatic heterocycles. The van der Waals surface area contributed by atoms with Crippen molar-refractivity contribution in [3.63, 3.8) is 0 Å². The first-order chi connectivity index (χ1) is 18.5. The van der Waals surface area contributed by atoms with Gasteiger partial charge in [-0.25, -0.2) is 9.59 Å². The zero-order valence-electron chi connectivity index (χ0n) is 22.2. The van der Waals surface area contributed by atoms with Gasteiger partial charge in [-0.1, -0.05) is 11.6 Å².